The summed E-state index contributed by atoms with van der Waals surface area (Å²) < 4.78 is 0. The first kappa shape index (κ1) is 14.8. The van der Waals surface area contributed by atoms with E-state index < -0.39 is 5.97 Å². The van der Waals surface area contributed by atoms with E-state index in [-0.39, 0.29) is 12.0 Å². The molecule has 1 N–H and O–H groups in total. The third kappa shape index (κ3) is 3.91. The van der Waals surface area contributed by atoms with E-state index in [9.17, 15) is 9.90 Å². The van der Waals surface area contributed by atoms with Gasteiger partial charge in [0.25, 0.3) is 0 Å². The first-order valence-corrected chi connectivity index (χ1v) is 7.42. The largest absolute Gasteiger partial charge is 0.481 e. The predicted molar refractivity (Wildman–Crippen MR) is 75.3 cm³/mol. The molecule has 1 saturated carbocycles. The lowest BCUT2D eigenvalue weighted by Gasteiger charge is -2.39. The third-order valence-electron chi connectivity index (χ3n) is 4.54. The van der Waals surface area contributed by atoms with E-state index in [1.807, 2.05) is 0 Å². The Balaban J connectivity index is 1.78. The molecule has 2 rings (SSSR count). The highest BCUT2D eigenvalue weighted by molar-refractivity contribution is 5.71. The zero-order valence-corrected chi connectivity index (χ0v) is 12.2. The van der Waals surface area contributed by atoms with Gasteiger partial charge >= 0.3 is 5.97 Å². The summed E-state index contributed by atoms with van der Waals surface area (Å²) in [5.74, 6) is -0.731. The van der Waals surface area contributed by atoms with Crippen LogP contribution in [0.15, 0.2) is 0 Å². The van der Waals surface area contributed by atoms with Gasteiger partial charge in [-0.05, 0) is 26.9 Å². The van der Waals surface area contributed by atoms with Crippen LogP contribution in [-0.2, 0) is 4.79 Å². The van der Waals surface area contributed by atoms with Crippen molar-refractivity contribution < 1.29 is 9.90 Å². The number of piperazine rings is 1. The van der Waals surface area contributed by atoms with Crippen LogP contribution in [0.5, 0.6) is 0 Å². The lowest BCUT2D eigenvalue weighted by atomic mass is 10.0. The maximum absolute atomic E-state index is 11.3. The van der Waals surface area contributed by atoms with Gasteiger partial charge in [0, 0.05) is 45.3 Å². The molecule has 110 valence electrons. The van der Waals surface area contributed by atoms with Crippen LogP contribution < -0.4 is 0 Å². The van der Waals surface area contributed by atoms with E-state index in [2.05, 4.69) is 28.8 Å². The Morgan fingerprint density at radius 3 is 2.47 bits per heavy atom. The first-order chi connectivity index (χ1) is 9.08. The highest BCUT2D eigenvalue weighted by Gasteiger charge is 2.37. The Hall–Kier alpha value is -0.650. The number of carbonyl (C=O) groups is 1. The number of carboxylic acid groups (broad SMARTS) is 1. The van der Waals surface area contributed by atoms with Crippen LogP contribution in [0.2, 0.25) is 0 Å². The minimum absolute atomic E-state index is 0.131. The molecule has 1 heterocycles. The molecule has 19 heavy (non-hydrogen) atoms. The van der Waals surface area contributed by atoms with Gasteiger partial charge in [0.2, 0.25) is 0 Å². The molecule has 0 aromatic rings. The van der Waals surface area contributed by atoms with Crippen LogP contribution in [0.25, 0.3) is 0 Å². The van der Waals surface area contributed by atoms with Gasteiger partial charge in [-0.25, -0.2) is 0 Å². The summed E-state index contributed by atoms with van der Waals surface area (Å²) in [6.45, 7) is 6.44. The van der Waals surface area contributed by atoms with E-state index in [0.29, 0.717) is 0 Å². The summed E-state index contributed by atoms with van der Waals surface area (Å²) in [5, 5.41) is 9.27. The molecule has 1 aliphatic heterocycles. The molecule has 1 saturated heterocycles. The normalized spacial score (nSPS) is 30.1. The lowest BCUT2D eigenvalue weighted by molar-refractivity contribution is -0.143. The number of hydrogen-bond donors (Lipinski definition) is 1. The maximum atomic E-state index is 11.3. The van der Waals surface area contributed by atoms with Gasteiger partial charge in [0.05, 0.1) is 5.92 Å². The van der Waals surface area contributed by atoms with Gasteiger partial charge < -0.3 is 10.0 Å². The molecule has 2 unspecified atom stereocenters. The monoisotopic (exact) mass is 269 g/mol. The number of nitrogens with zero attached hydrogens (tertiary/aromatic N) is 3. The maximum Gasteiger partial charge on any atom is 0.308 e. The topological polar surface area (TPSA) is 47.0 Å². The lowest BCUT2D eigenvalue weighted by Crippen LogP contribution is -2.53. The van der Waals surface area contributed by atoms with Crippen molar-refractivity contribution in [1.29, 1.82) is 0 Å². The Morgan fingerprint density at radius 2 is 1.89 bits per heavy atom. The van der Waals surface area contributed by atoms with Crippen molar-refractivity contribution in [2.45, 2.75) is 25.3 Å². The molecule has 0 aromatic heterocycles. The highest BCUT2D eigenvalue weighted by Crippen LogP contribution is 2.30. The van der Waals surface area contributed by atoms with Crippen molar-refractivity contribution in [1.82, 2.24) is 14.7 Å². The summed E-state index contributed by atoms with van der Waals surface area (Å²) in [7, 11) is 4.21. The van der Waals surface area contributed by atoms with Crippen molar-refractivity contribution >= 4 is 5.97 Å². The van der Waals surface area contributed by atoms with Gasteiger partial charge in [-0.2, -0.15) is 0 Å². The van der Waals surface area contributed by atoms with Crippen molar-refractivity contribution in [2.75, 3.05) is 53.4 Å². The molecule has 0 spiro atoms. The average molecular weight is 269 g/mol. The number of aliphatic carboxylic acids is 1. The quantitative estimate of drug-likeness (QED) is 0.784. The SMILES string of the molecule is CN(C)CCN1CCN(C2CCCC2C(=O)O)CC1. The predicted octanol–water partition coefficient (Wildman–Crippen LogP) is 0.419. The van der Waals surface area contributed by atoms with Crippen LogP contribution in [0.1, 0.15) is 19.3 Å². The van der Waals surface area contributed by atoms with E-state index in [1.165, 1.54) is 0 Å². The minimum Gasteiger partial charge on any atom is -0.481 e. The summed E-state index contributed by atoms with van der Waals surface area (Å²) in [6.07, 6.45) is 3.00. The van der Waals surface area contributed by atoms with Crippen molar-refractivity contribution in [3.05, 3.63) is 0 Å². The molecule has 5 heteroatoms. The van der Waals surface area contributed by atoms with Gasteiger partial charge in [-0.1, -0.05) is 6.42 Å². The second-order valence-electron chi connectivity index (χ2n) is 6.12. The standard InChI is InChI=1S/C14H27N3O2/c1-15(2)6-7-16-8-10-17(11-9-16)13-5-3-4-12(13)14(18)19/h12-13H,3-11H2,1-2H3,(H,18,19). The Kier molecular flexibility index (Phi) is 5.19. The molecule has 0 aromatic carbocycles. The number of likely N-dealkylation sites (N-methyl/N-ethyl adjacent to an activating group) is 1. The van der Waals surface area contributed by atoms with E-state index in [4.69, 9.17) is 0 Å². The number of rotatable bonds is 5. The zero-order valence-electron chi connectivity index (χ0n) is 12.2. The summed E-state index contributed by atoms with van der Waals surface area (Å²) >= 11 is 0. The molecule has 0 radical (unpaired) electrons. The fourth-order valence-electron chi connectivity index (χ4n) is 3.33. The summed E-state index contributed by atoms with van der Waals surface area (Å²) in [4.78, 5) is 18.4. The fraction of sp³-hybridized carbons (Fsp3) is 0.929. The van der Waals surface area contributed by atoms with Crippen molar-refractivity contribution in [3.8, 4) is 0 Å². The van der Waals surface area contributed by atoms with Gasteiger partial charge in [-0.3, -0.25) is 14.6 Å². The fourth-order valence-corrected chi connectivity index (χ4v) is 3.33. The first-order valence-electron chi connectivity index (χ1n) is 7.42. The summed E-state index contributed by atoms with van der Waals surface area (Å²) in [6, 6.07) is 0.286. The Labute approximate surface area is 116 Å². The Bertz CT molecular complexity index is 301. The molecule has 0 amide bonds. The second-order valence-corrected chi connectivity index (χ2v) is 6.12. The average Bonchev–Trinajstić information content (AvgIpc) is 2.86. The summed E-state index contributed by atoms with van der Waals surface area (Å²) in [5.41, 5.74) is 0. The molecule has 2 atom stereocenters. The van der Waals surface area contributed by atoms with Gasteiger partial charge in [0.15, 0.2) is 0 Å². The van der Waals surface area contributed by atoms with Crippen LogP contribution in [0.4, 0.5) is 0 Å². The molecular weight excluding hydrogens is 242 g/mol. The van der Waals surface area contributed by atoms with Crippen molar-refractivity contribution in [3.63, 3.8) is 0 Å². The third-order valence-corrected chi connectivity index (χ3v) is 4.54. The smallest absolute Gasteiger partial charge is 0.308 e. The van der Waals surface area contributed by atoms with Crippen LogP contribution >= 0.6 is 0 Å². The molecule has 0 bridgehead atoms. The van der Waals surface area contributed by atoms with E-state index in [1.54, 1.807) is 0 Å². The minimum atomic E-state index is -0.600. The van der Waals surface area contributed by atoms with Gasteiger partial charge in [0.1, 0.15) is 0 Å². The van der Waals surface area contributed by atoms with E-state index in [0.717, 1.165) is 58.5 Å². The second kappa shape index (κ2) is 6.68. The number of hydrogen-bond acceptors (Lipinski definition) is 4. The molecular formula is C14H27N3O2. The molecule has 2 fully saturated rings. The molecule has 2 aliphatic rings. The van der Waals surface area contributed by atoms with Crippen LogP contribution in [0, 0.1) is 5.92 Å². The highest BCUT2D eigenvalue weighted by atomic mass is 16.4. The molecule has 5 nitrogen and oxygen atoms in total. The van der Waals surface area contributed by atoms with Crippen molar-refractivity contribution in [2.24, 2.45) is 5.92 Å². The van der Waals surface area contributed by atoms with Gasteiger partial charge in [-0.15, -0.1) is 0 Å². The number of carboxylic acids is 1. The van der Waals surface area contributed by atoms with Crippen LogP contribution in [-0.4, -0.2) is 85.2 Å². The Morgan fingerprint density at radius 1 is 1.21 bits per heavy atom. The zero-order chi connectivity index (χ0) is 13.8. The molecule has 1 aliphatic carbocycles. The van der Waals surface area contributed by atoms with Crippen LogP contribution in [0.3, 0.4) is 0 Å². The van der Waals surface area contributed by atoms with E-state index >= 15 is 0 Å².